The molecule has 1 aromatic carbocycles. The molecule has 8 heteroatoms. The van der Waals surface area contributed by atoms with Gasteiger partial charge in [-0.25, -0.2) is 0 Å². The summed E-state index contributed by atoms with van der Waals surface area (Å²) in [6.45, 7) is 5.33. The van der Waals surface area contributed by atoms with Gasteiger partial charge in [0.15, 0.2) is 5.96 Å². The Morgan fingerprint density at radius 1 is 1.00 bits per heavy atom. The molecule has 1 aromatic heterocycles. The number of halogens is 1. The molecular formula is C25H36IN5O2. The zero-order valence-corrected chi connectivity index (χ0v) is 21.8. The van der Waals surface area contributed by atoms with Gasteiger partial charge in [0.2, 0.25) is 0 Å². The van der Waals surface area contributed by atoms with Crippen LogP contribution in [-0.2, 0) is 6.54 Å². The van der Waals surface area contributed by atoms with E-state index in [-0.39, 0.29) is 35.9 Å². The third-order valence-corrected chi connectivity index (χ3v) is 6.44. The quantitative estimate of drug-likeness (QED) is 0.302. The van der Waals surface area contributed by atoms with Crippen molar-refractivity contribution in [3.63, 3.8) is 0 Å². The highest BCUT2D eigenvalue weighted by Crippen LogP contribution is 2.24. The van der Waals surface area contributed by atoms with Crippen LogP contribution in [0.5, 0.6) is 0 Å². The fourth-order valence-electron chi connectivity index (χ4n) is 4.59. The number of carbonyl (C=O) groups is 1. The Morgan fingerprint density at radius 2 is 1.70 bits per heavy atom. The molecule has 0 saturated carbocycles. The van der Waals surface area contributed by atoms with Gasteiger partial charge >= 0.3 is 0 Å². The number of likely N-dealkylation sites (tertiary alicyclic amines) is 2. The van der Waals surface area contributed by atoms with Crippen molar-refractivity contribution in [2.24, 2.45) is 4.99 Å². The van der Waals surface area contributed by atoms with E-state index in [4.69, 9.17) is 4.42 Å². The summed E-state index contributed by atoms with van der Waals surface area (Å²) >= 11 is 0. The molecule has 0 bridgehead atoms. The molecule has 2 fully saturated rings. The van der Waals surface area contributed by atoms with Gasteiger partial charge in [-0.1, -0.05) is 12.1 Å². The van der Waals surface area contributed by atoms with E-state index in [2.05, 4.69) is 20.5 Å². The smallest absolute Gasteiger partial charge is 0.253 e. The van der Waals surface area contributed by atoms with Crippen molar-refractivity contribution in [2.75, 3.05) is 39.8 Å². The number of amides is 1. The number of rotatable bonds is 7. The van der Waals surface area contributed by atoms with Crippen LogP contribution in [0.1, 0.15) is 59.8 Å². The Balaban J connectivity index is 0.00000306. The lowest BCUT2D eigenvalue weighted by Gasteiger charge is -2.27. The maximum Gasteiger partial charge on any atom is 0.253 e. The number of nitrogens with one attached hydrogen (secondary N) is 2. The first kappa shape index (κ1) is 25.6. The lowest BCUT2D eigenvalue weighted by atomic mass is 10.1. The molecule has 2 saturated heterocycles. The number of benzene rings is 1. The average Bonchev–Trinajstić information content (AvgIpc) is 3.57. The number of furan rings is 1. The van der Waals surface area contributed by atoms with E-state index in [1.165, 1.54) is 19.3 Å². The second kappa shape index (κ2) is 13.0. The number of nitrogens with zero attached hydrogens (tertiary/aromatic N) is 3. The minimum atomic E-state index is 0. The van der Waals surface area contributed by atoms with Gasteiger partial charge in [0, 0.05) is 38.8 Å². The third-order valence-electron chi connectivity index (χ3n) is 6.44. The van der Waals surface area contributed by atoms with Gasteiger partial charge in [-0.15, -0.1) is 24.0 Å². The second-order valence-corrected chi connectivity index (χ2v) is 8.63. The first-order valence-corrected chi connectivity index (χ1v) is 11.8. The lowest BCUT2D eigenvalue weighted by Crippen LogP contribution is -2.42. The van der Waals surface area contributed by atoms with Crippen molar-refractivity contribution in [1.29, 1.82) is 0 Å². The average molecular weight is 566 g/mol. The van der Waals surface area contributed by atoms with E-state index in [0.717, 1.165) is 68.4 Å². The van der Waals surface area contributed by atoms with E-state index >= 15 is 0 Å². The molecule has 1 amide bonds. The molecule has 2 N–H and O–H groups in total. The van der Waals surface area contributed by atoms with Crippen LogP contribution in [0.4, 0.5) is 0 Å². The number of hydrogen-bond acceptors (Lipinski definition) is 4. The molecule has 1 atom stereocenters. The van der Waals surface area contributed by atoms with Gasteiger partial charge in [0.05, 0.1) is 12.3 Å². The molecule has 1 unspecified atom stereocenters. The minimum Gasteiger partial charge on any atom is -0.468 e. The molecule has 33 heavy (non-hydrogen) atoms. The summed E-state index contributed by atoms with van der Waals surface area (Å²) in [4.78, 5) is 21.5. The molecule has 3 heterocycles. The standard InChI is InChI=1S/C25H35N5O2.HI/c1-26-25(28-19-22(23-8-7-17-32-23)29-13-5-6-14-29)27-18-20-9-11-21(12-10-20)24(31)30-15-3-2-4-16-30;/h7-12,17,22H,2-6,13-16,18-19H2,1H3,(H2,26,27,28);1H. The van der Waals surface area contributed by atoms with Crippen LogP contribution in [0.15, 0.2) is 52.1 Å². The second-order valence-electron chi connectivity index (χ2n) is 8.63. The first-order chi connectivity index (χ1) is 15.7. The van der Waals surface area contributed by atoms with E-state index in [0.29, 0.717) is 6.54 Å². The predicted octanol–water partition coefficient (Wildman–Crippen LogP) is 4.03. The molecule has 0 aliphatic carbocycles. The summed E-state index contributed by atoms with van der Waals surface area (Å²) in [6.07, 6.45) is 7.66. The Morgan fingerprint density at radius 3 is 2.33 bits per heavy atom. The van der Waals surface area contributed by atoms with Crippen molar-refractivity contribution in [3.8, 4) is 0 Å². The SMILES string of the molecule is CN=C(NCc1ccc(C(=O)N2CCCCC2)cc1)NCC(c1ccco1)N1CCCC1.I. The van der Waals surface area contributed by atoms with Crippen molar-refractivity contribution < 1.29 is 9.21 Å². The molecule has 2 aliphatic rings. The van der Waals surface area contributed by atoms with Crippen LogP contribution < -0.4 is 10.6 Å². The zero-order chi connectivity index (χ0) is 22.2. The summed E-state index contributed by atoms with van der Waals surface area (Å²) in [5.41, 5.74) is 1.88. The van der Waals surface area contributed by atoms with Gasteiger partial charge in [0.25, 0.3) is 5.91 Å². The van der Waals surface area contributed by atoms with Gasteiger partial charge in [-0.2, -0.15) is 0 Å². The molecule has 0 radical (unpaired) electrons. The number of carbonyl (C=O) groups excluding carboxylic acids is 1. The normalized spacial score (nSPS) is 18.0. The summed E-state index contributed by atoms with van der Waals surface area (Å²) in [5.74, 6) is 1.89. The molecule has 2 aromatic rings. The Kier molecular flexibility index (Phi) is 10.1. The van der Waals surface area contributed by atoms with Crippen molar-refractivity contribution >= 4 is 35.8 Å². The summed E-state index contributed by atoms with van der Waals surface area (Å²) < 4.78 is 5.70. The summed E-state index contributed by atoms with van der Waals surface area (Å²) in [6, 6.07) is 12.1. The molecule has 4 rings (SSSR count). The molecular weight excluding hydrogens is 529 g/mol. The van der Waals surface area contributed by atoms with Gasteiger partial charge in [0.1, 0.15) is 5.76 Å². The van der Waals surface area contributed by atoms with Gasteiger partial charge in [-0.05, 0) is 75.0 Å². The number of guanidine groups is 1. The lowest BCUT2D eigenvalue weighted by molar-refractivity contribution is 0.0724. The maximum absolute atomic E-state index is 12.6. The Bertz CT molecular complexity index is 873. The molecule has 0 spiro atoms. The van der Waals surface area contributed by atoms with Gasteiger partial charge in [-0.3, -0.25) is 14.7 Å². The van der Waals surface area contributed by atoms with Gasteiger partial charge < -0.3 is 20.0 Å². The minimum absolute atomic E-state index is 0. The highest BCUT2D eigenvalue weighted by atomic mass is 127. The number of piperidine rings is 1. The first-order valence-electron chi connectivity index (χ1n) is 11.8. The van der Waals surface area contributed by atoms with Crippen LogP contribution in [-0.4, -0.2) is 61.4 Å². The maximum atomic E-state index is 12.6. The highest BCUT2D eigenvalue weighted by Gasteiger charge is 2.25. The fourth-order valence-corrected chi connectivity index (χ4v) is 4.59. The van der Waals surface area contributed by atoms with Crippen LogP contribution >= 0.6 is 24.0 Å². The fraction of sp³-hybridized carbons (Fsp3) is 0.520. The highest BCUT2D eigenvalue weighted by molar-refractivity contribution is 14.0. The van der Waals surface area contributed by atoms with E-state index < -0.39 is 0 Å². The van der Waals surface area contributed by atoms with Crippen LogP contribution in [0.3, 0.4) is 0 Å². The van der Waals surface area contributed by atoms with Crippen molar-refractivity contribution in [1.82, 2.24) is 20.4 Å². The van der Waals surface area contributed by atoms with E-state index in [1.807, 2.05) is 41.3 Å². The van der Waals surface area contributed by atoms with Crippen LogP contribution in [0.2, 0.25) is 0 Å². The third kappa shape index (κ3) is 6.96. The molecule has 7 nitrogen and oxygen atoms in total. The van der Waals surface area contributed by atoms with E-state index in [9.17, 15) is 4.79 Å². The zero-order valence-electron chi connectivity index (χ0n) is 19.5. The van der Waals surface area contributed by atoms with Crippen LogP contribution in [0.25, 0.3) is 0 Å². The largest absolute Gasteiger partial charge is 0.468 e. The summed E-state index contributed by atoms with van der Waals surface area (Å²) in [7, 11) is 1.79. The van der Waals surface area contributed by atoms with Crippen molar-refractivity contribution in [2.45, 2.75) is 44.7 Å². The number of hydrogen-bond donors (Lipinski definition) is 2. The Labute approximate surface area is 214 Å². The molecule has 180 valence electrons. The van der Waals surface area contributed by atoms with E-state index in [1.54, 1.807) is 13.3 Å². The van der Waals surface area contributed by atoms with Crippen LogP contribution in [0, 0.1) is 0 Å². The monoisotopic (exact) mass is 565 g/mol. The summed E-state index contributed by atoms with van der Waals surface area (Å²) in [5, 5.41) is 6.84. The number of aliphatic imine (C=N–C) groups is 1. The predicted molar refractivity (Wildman–Crippen MR) is 142 cm³/mol. The Hall–Kier alpha value is -2.07. The van der Waals surface area contributed by atoms with Crippen molar-refractivity contribution in [3.05, 3.63) is 59.5 Å². The topological polar surface area (TPSA) is 73.1 Å². The molecule has 2 aliphatic heterocycles.